The van der Waals surface area contributed by atoms with E-state index in [2.05, 4.69) is 231 Å². The van der Waals surface area contributed by atoms with E-state index >= 15 is 0 Å². The quantitative estimate of drug-likeness (QED) is 0.162. The molecule has 0 spiro atoms. The zero-order valence-electron chi connectivity index (χ0n) is 38.5. The number of hydrogen-bond acceptors (Lipinski definition) is 3. The Balaban J connectivity index is 0.899. The van der Waals surface area contributed by atoms with E-state index in [1.165, 1.54) is 76.6 Å². The highest BCUT2D eigenvalue weighted by atomic mass is 14.7. The summed E-state index contributed by atoms with van der Waals surface area (Å²) in [5.74, 6) is 0. The van der Waals surface area contributed by atoms with Crippen molar-refractivity contribution in [3.8, 4) is 44.6 Å². The lowest BCUT2D eigenvalue weighted by Crippen LogP contribution is -2.28. The summed E-state index contributed by atoms with van der Waals surface area (Å²) in [6.07, 6.45) is 3.76. The lowest BCUT2D eigenvalue weighted by molar-refractivity contribution is 0.769. The van der Waals surface area contributed by atoms with E-state index in [9.17, 15) is 0 Å². The molecular weight excluding hydrogens is 859 g/mol. The fraction of sp³-hybridized carbons (Fsp3) is 0.0147. The molecule has 3 heteroatoms. The van der Waals surface area contributed by atoms with E-state index in [4.69, 9.17) is 15.0 Å². The molecule has 1 aliphatic rings. The third-order valence-corrected chi connectivity index (χ3v) is 15.4. The molecular formula is C68H41N3. The van der Waals surface area contributed by atoms with Gasteiger partial charge in [0, 0.05) is 39.5 Å². The van der Waals surface area contributed by atoms with Gasteiger partial charge in [-0.15, -0.1) is 0 Å². The van der Waals surface area contributed by atoms with Gasteiger partial charge in [-0.25, -0.2) is 4.98 Å². The smallest absolute Gasteiger partial charge is 0.0970 e. The Bertz CT molecular complexity index is 4460. The monoisotopic (exact) mass is 899 g/mol. The molecule has 0 fully saturated rings. The zero-order valence-corrected chi connectivity index (χ0v) is 38.5. The predicted molar refractivity (Wildman–Crippen MR) is 296 cm³/mol. The normalized spacial score (nSPS) is 12.9. The van der Waals surface area contributed by atoms with Crippen molar-refractivity contribution in [1.29, 1.82) is 0 Å². The summed E-state index contributed by atoms with van der Waals surface area (Å²) < 4.78 is 0. The summed E-state index contributed by atoms with van der Waals surface area (Å²) in [6, 6.07) is 87.0. The fourth-order valence-corrected chi connectivity index (χ4v) is 12.3. The maximum atomic E-state index is 5.52. The van der Waals surface area contributed by atoms with Crippen LogP contribution in [0.3, 0.4) is 0 Å². The molecule has 0 amide bonds. The minimum atomic E-state index is -0.497. The molecule has 0 unspecified atom stereocenters. The van der Waals surface area contributed by atoms with Gasteiger partial charge in [-0.3, -0.25) is 9.97 Å². The van der Waals surface area contributed by atoms with Crippen LogP contribution in [0.2, 0.25) is 0 Å². The Morgan fingerprint density at radius 1 is 0.282 bits per heavy atom. The van der Waals surface area contributed by atoms with Gasteiger partial charge >= 0.3 is 0 Å². The maximum Gasteiger partial charge on any atom is 0.0970 e. The number of fused-ring (bicyclic) bond motifs is 15. The van der Waals surface area contributed by atoms with Crippen molar-refractivity contribution in [2.24, 2.45) is 0 Å². The Labute approximate surface area is 410 Å². The molecule has 15 rings (SSSR count). The molecule has 71 heavy (non-hydrogen) atoms. The first-order valence-corrected chi connectivity index (χ1v) is 24.4. The van der Waals surface area contributed by atoms with Crippen molar-refractivity contribution in [3.05, 3.63) is 271 Å². The van der Waals surface area contributed by atoms with Crippen molar-refractivity contribution in [3.63, 3.8) is 0 Å². The minimum Gasteiger partial charge on any atom is -0.254 e. The number of aromatic nitrogens is 3. The van der Waals surface area contributed by atoms with Crippen LogP contribution in [0.25, 0.3) is 120 Å². The average molecular weight is 900 g/mol. The van der Waals surface area contributed by atoms with E-state index in [1.54, 1.807) is 0 Å². The van der Waals surface area contributed by atoms with Gasteiger partial charge in [0.25, 0.3) is 0 Å². The highest BCUT2D eigenvalue weighted by Crippen LogP contribution is 2.57. The largest absolute Gasteiger partial charge is 0.254 e. The van der Waals surface area contributed by atoms with E-state index in [0.29, 0.717) is 0 Å². The molecule has 0 radical (unpaired) electrons. The molecule has 14 aromatic rings. The van der Waals surface area contributed by atoms with Gasteiger partial charge in [0.2, 0.25) is 0 Å². The van der Waals surface area contributed by atoms with Crippen molar-refractivity contribution >= 4 is 75.8 Å². The Kier molecular flexibility index (Phi) is 8.57. The topological polar surface area (TPSA) is 38.7 Å². The Morgan fingerprint density at radius 3 is 1.68 bits per heavy atom. The number of hydrogen-bond donors (Lipinski definition) is 0. The van der Waals surface area contributed by atoms with E-state index < -0.39 is 5.41 Å². The standard InChI is InChI=1S/C68H41N3/c1-3-18-47(19-4-1)68(48-20-5-2-6-21-48)62-26-11-9-24-54(62)60-40-61-59(41-63(60)68)55-25-10-12-27-64(55)71-65(61)46-16-13-15-43(37-46)44-29-31-52-53-32-30-45(39-58(53)51-23-8-7-22-50(51)57(52)38-44)49-34-36-70-67-56(49)33-28-42-17-14-35-69-66(42)67/h1-41H. The predicted octanol–water partition coefficient (Wildman–Crippen LogP) is 17.3. The second kappa shape index (κ2) is 15.3. The van der Waals surface area contributed by atoms with Crippen LogP contribution in [0.5, 0.6) is 0 Å². The Morgan fingerprint density at radius 2 is 0.887 bits per heavy atom. The number of pyridine rings is 3. The second-order valence-corrected chi connectivity index (χ2v) is 19.0. The number of rotatable bonds is 5. The third-order valence-electron chi connectivity index (χ3n) is 15.4. The molecule has 0 aliphatic heterocycles. The van der Waals surface area contributed by atoms with Crippen LogP contribution < -0.4 is 0 Å². The minimum absolute atomic E-state index is 0.497. The van der Waals surface area contributed by atoms with Crippen LogP contribution in [0.15, 0.2) is 249 Å². The summed E-state index contributed by atoms with van der Waals surface area (Å²) >= 11 is 0. The highest BCUT2D eigenvalue weighted by Gasteiger charge is 2.46. The Hall–Kier alpha value is -9.31. The number of nitrogens with zero attached hydrogens (tertiary/aromatic N) is 3. The van der Waals surface area contributed by atoms with Crippen molar-refractivity contribution in [2.45, 2.75) is 5.41 Å². The SMILES string of the molecule is c1ccc(C2(c3ccccc3)c3ccccc3-c3cc4c(-c5cccc(-c6ccc7c8ccc(-c9ccnc%10c9ccc9cccnc9%10)cc8c8ccccc8c7c6)c5)nc5ccccc5c4cc32)cc1. The molecule has 3 nitrogen and oxygen atoms in total. The zero-order chi connectivity index (χ0) is 46.6. The first-order chi connectivity index (χ1) is 35.2. The maximum absolute atomic E-state index is 5.52. The van der Waals surface area contributed by atoms with Gasteiger partial charge in [-0.2, -0.15) is 0 Å². The molecule has 0 atom stereocenters. The van der Waals surface area contributed by atoms with E-state index in [0.717, 1.165) is 66.0 Å². The van der Waals surface area contributed by atoms with Gasteiger partial charge in [0.15, 0.2) is 0 Å². The second-order valence-electron chi connectivity index (χ2n) is 19.0. The van der Waals surface area contributed by atoms with Crippen LogP contribution >= 0.6 is 0 Å². The molecule has 1 aliphatic carbocycles. The molecule has 0 bridgehead atoms. The number of para-hydroxylation sites is 1. The summed E-state index contributed by atoms with van der Waals surface area (Å²) in [7, 11) is 0. The lowest BCUT2D eigenvalue weighted by atomic mass is 9.67. The highest BCUT2D eigenvalue weighted by molar-refractivity contribution is 6.26. The number of benzene rings is 11. The first-order valence-electron chi connectivity index (χ1n) is 24.4. The first kappa shape index (κ1) is 39.7. The van der Waals surface area contributed by atoms with Gasteiger partial charge in [0.05, 0.1) is 27.7 Å². The van der Waals surface area contributed by atoms with Gasteiger partial charge < -0.3 is 0 Å². The van der Waals surface area contributed by atoms with Crippen LogP contribution in [-0.4, -0.2) is 15.0 Å². The van der Waals surface area contributed by atoms with Crippen molar-refractivity contribution in [2.75, 3.05) is 0 Å². The van der Waals surface area contributed by atoms with Crippen LogP contribution in [0.4, 0.5) is 0 Å². The van der Waals surface area contributed by atoms with Gasteiger partial charge in [-0.1, -0.05) is 188 Å². The van der Waals surface area contributed by atoms with E-state index in [-0.39, 0.29) is 0 Å². The summed E-state index contributed by atoms with van der Waals surface area (Å²) in [6.45, 7) is 0. The average Bonchev–Trinajstić information content (AvgIpc) is 3.74. The molecule has 3 aromatic heterocycles. The lowest BCUT2D eigenvalue weighted by Gasteiger charge is -2.34. The van der Waals surface area contributed by atoms with Crippen molar-refractivity contribution < 1.29 is 0 Å². The third kappa shape index (κ3) is 5.81. The van der Waals surface area contributed by atoms with Crippen LogP contribution in [0, 0.1) is 0 Å². The molecule has 0 saturated carbocycles. The summed E-state index contributed by atoms with van der Waals surface area (Å²) in [4.78, 5) is 15.0. The van der Waals surface area contributed by atoms with E-state index in [1.807, 2.05) is 18.5 Å². The van der Waals surface area contributed by atoms with Gasteiger partial charge in [-0.05, 0) is 142 Å². The molecule has 0 N–H and O–H groups in total. The molecule has 3 heterocycles. The van der Waals surface area contributed by atoms with Gasteiger partial charge in [0.1, 0.15) is 0 Å². The molecule has 328 valence electrons. The summed E-state index contributed by atoms with van der Waals surface area (Å²) in [5, 5.41) is 13.1. The molecule has 0 saturated heterocycles. The van der Waals surface area contributed by atoms with Crippen molar-refractivity contribution in [1.82, 2.24) is 15.0 Å². The van der Waals surface area contributed by atoms with Crippen LogP contribution in [0.1, 0.15) is 22.3 Å². The van der Waals surface area contributed by atoms with Crippen LogP contribution in [-0.2, 0) is 5.41 Å². The fourth-order valence-electron chi connectivity index (χ4n) is 12.3. The summed E-state index contributed by atoms with van der Waals surface area (Å²) in [5.41, 5.74) is 16.7. The molecule has 11 aromatic carbocycles.